The summed E-state index contributed by atoms with van der Waals surface area (Å²) in [6, 6.07) is 12.8. The Morgan fingerprint density at radius 1 is 0.912 bits per heavy atom. The van der Waals surface area contributed by atoms with Gasteiger partial charge >= 0.3 is 0 Å². The number of amides is 3. The molecule has 6 nitrogen and oxygen atoms in total. The fourth-order valence-electron chi connectivity index (χ4n) is 6.07. The Kier molecular flexibility index (Phi) is 4.94. The van der Waals surface area contributed by atoms with Crippen LogP contribution in [0.4, 0.5) is 0 Å². The Labute approximate surface area is 206 Å². The smallest absolute Gasteiger partial charge is 0.274 e. The van der Waals surface area contributed by atoms with E-state index in [4.69, 9.17) is 23.2 Å². The van der Waals surface area contributed by atoms with Crippen molar-refractivity contribution in [2.24, 2.45) is 35.5 Å². The number of hydrogen-bond acceptors (Lipinski definition) is 4. The maximum atomic E-state index is 13.7. The van der Waals surface area contributed by atoms with E-state index in [2.05, 4.69) is 12.2 Å². The molecule has 1 saturated heterocycles. The number of nitrogens with zero attached hydrogens (tertiary/aromatic N) is 2. The van der Waals surface area contributed by atoms with Crippen molar-refractivity contribution < 1.29 is 19.2 Å². The zero-order valence-electron chi connectivity index (χ0n) is 17.9. The molecule has 1 heterocycles. The molecule has 2 bridgehead atoms. The molecule has 4 aliphatic carbocycles. The lowest BCUT2D eigenvalue weighted by molar-refractivity contribution is -0.154. The third-order valence-electron chi connectivity index (χ3n) is 7.67. The van der Waals surface area contributed by atoms with E-state index in [0.29, 0.717) is 22.4 Å². The van der Waals surface area contributed by atoms with Crippen LogP contribution in [0.25, 0.3) is 0 Å². The van der Waals surface area contributed by atoms with Gasteiger partial charge in [-0.25, -0.2) is 5.01 Å². The summed E-state index contributed by atoms with van der Waals surface area (Å²) in [6.45, 7) is -0.464. The molecule has 2 saturated carbocycles. The number of hydrazine groups is 1. The first kappa shape index (κ1) is 21.6. The van der Waals surface area contributed by atoms with Gasteiger partial charge in [0, 0.05) is 10.6 Å². The van der Waals surface area contributed by atoms with Gasteiger partial charge < -0.3 is 0 Å². The number of benzene rings is 2. The summed E-state index contributed by atoms with van der Waals surface area (Å²) in [5.41, 5.74) is 0.438. The van der Waals surface area contributed by atoms with Gasteiger partial charge in [0.15, 0.2) is 5.78 Å². The second-order valence-corrected chi connectivity index (χ2v) is 10.3. The first-order valence-corrected chi connectivity index (χ1v) is 12.0. The Morgan fingerprint density at radius 3 is 2.12 bits per heavy atom. The molecule has 3 fully saturated rings. The summed E-state index contributed by atoms with van der Waals surface area (Å²) < 4.78 is 0. The molecule has 0 unspecified atom stereocenters. The van der Waals surface area contributed by atoms with Crippen LogP contribution in [0.15, 0.2) is 60.7 Å². The molecule has 2 aromatic carbocycles. The summed E-state index contributed by atoms with van der Waals surface area (Å²) in [7, 11) is 0. The summed E-state index contributed by atoms with van der Waals surface area (Å²) >= 11 is 12.3. The Bertz CT molecular complexity index is 1240. The SMILES string of the molecule is O=C(CN(C(=O)c1ccc(Cl)cc1Cl)N1C(=O)[C@@H]2[C@H]3C=C[C@@H]([C@@H]4C[C@H]34)[C@H]2C1=O)c1ccccc1. The van der Waals surface area contributed by atoms with Crippen LogP contribution in [0.5, 0.6) is 0 Å². The van der Waals surface area contributed by atoms with Gasteiger partial charge in [0.05, 0.1) is 22.4 Å². The van der Waals surface area contributed by atoms with Crippen molar-refractivity contribution in [3.05, 3.63) is 81.9 Å². The molecule has 7 rings (SSSR count). The predicted molar refractivity (Wildman–Crippen MR) is 125 cm³/mol. The van der Waals surface area contributed by atoms with Gasteiger partial charge in [-0.1, -0.05) is 65.7 Å². The summed E-state index contributed by atoms with van der Waals surface area (Å²) in [5, 5.41) is 2.31. The minimum Gasteiger partial charge on any atom is -0.292 e. The van der Waals surface area contributed by atoms with Crippen molar-refractivity contribution in [2.45, 2.75) is 6.42 Å². The minimum absolute atomic E-state index is 0.00217. The highest BCUT2D eigenvalue weighted by molar-refractivity contribution is 6.36. The van der Waals surface area contributed by atoms with Gasteiger partial charge in [0.1, 0.15) is 6.54 Å². The largest absolute Gasteiger partial charge is 0.292 e. The van der Waals surface area contributed by atoms with Crippen molar-refractivity contribution in [3.63, 3.8) is 0 Å². The van der Waals surface area contributed by atoms with E-state index >= 15 is 0 Å². The topological polar surface area (TPSA) is 74.8 Å². The van der Waals surface area contributed by atoms with E-state index in [-0.39, 0.29) is 22.4 Å². The van der Waals surface area contributed by atoms with Crippen LogP contribution in [0.2, 0.25) is 10.0 Å². The molecule has 8 heteroatoms. The van der Waals surface area contributed by atoms with Crippen molar-refractivity contribution in [1.29, 1.82) is 0 Å². The highest BCUT2D eigenvalue weighted by atomic mass is 35.5. The highest BCUT2D eigenvalue weighted by Crippen LogP contribution is 2.65. The van der Waals surface area contributed by atoms with E-state index in [1.165, 1.54) is 18.2 Å². The minimum atomic E-state index is -0.697. The number of hydrogen-bond donors (Lipinski definition) is 0. The van der Waals surface area contributed by atoms with Gasteiger partial charge in [-0.15, -0.1) is 0 Å². The average molecular weight is 495 g/mol. The monoisotopic (exact) mass is 494 g/mol. The van der Waals surface area contributed by atoms with Gasteiger partial charge in [-0.05, 0) is 48.3 Å². The second kappa shape index (κ2) is 7.79. The van der Waals surface area contributed by atoms with Crippen LogP contribution < -0.4 is 0 Å². The molecule has 2 aromatic rings. The quantitative estimate of drug-likeness (QED) is 0.353. The maximum absolute atomic E-state index is 13.7. The molecule has 5 aliphatic rings. The van der Waals surface area contributed by atoms with Gasteiger partial charge in [0.2, 0.25) is 0 Å². The fraction of sp³-hybridized carbons (Fsp3) is 0.308. The highest BCUT2D eigenvalue weighted by Gasteiger charge is 2.68. The Balaban J connectivity index is 1.39. The molecule has 172 valence electrons. The zero-order chi connectivity index (χ0) is 23.7. The van der Waals surface area contributed by atoms with Crippen molar-refractivity contribution >= 4 is 46.7 Å². The van der Waals surface area contributed by atoms with Crippen LogP contribution in [0.3, 0.4) is 0 Å². The van der Waals surface area contributed by atoms with E-state index in [0.717, 1.165) is 16.4 Å². The number of halogens is 2. The third kappa shape index (κ3) is 3.16. The van der Waals surface area contributed by atoms with Crippen LogP contribution in [-0.4, -0.2) is 40.1 Å². The van der Waals surface area contributed by atoms with Gasteiger partial charge in [-0.2, -0.15) is 5.01 Å². The molecule has 6 atom stereocenters. The molecule has 3 amide bonds. The molecule has 34 heavy (non-hydrogen) atoms. The lowest BCUT2D eigenvalue weighted by Crippen LogP contribution is -2.52. The lowest BCUT2D eigenvalue weighted by atomic mass is 9.63. The molecule has 0 N–H and O–H groups in total. The number of carbonyl (C=O) groups excluding carboxylic acids is 4. The van der Waals surface area contributed by atoms with Crippen LogP contribution in [0, 0.1) is 35.5 Å². The maximum Gasteiger partial charge on any atom is 0.274 e. The van der Waals surface area contributed by atoms with Gasteiger partial charge in [0.25, 0.3) is 17.7 Å². The lowest BCUT2D eigenvalue weighted by Gasteiger charge is -2.37. The Hall–Kier alpha value is -2.96. The summed E-state index contributed by atoms with van der Waals surface area (Å²) in [4.78, 5) is 54.1. The molecule has 1 aliphatic heterocycles. The van der Waals surface area contributed by atoms with Crippen LogP contribution >= 0.6 is 23.2 Å². The number of carbonyl (C=O) groups is 4. The number of allylic oxidation sites excluding steroid dienone is 2. The van der Waals surface area contributed by atoms with Gasteiger partial charge in [-0.3, -0.25) is 19.2 Å². The summed E-state index contributed by atoms with van der Waals surface area (Å²) in [6.07, 6.45) is 5.16. The molecule has 0 radical (unpaired) electrons. The molecular weight excluding hydrogens is 475 g/mol. The zero-order valence-corrected chi connectivity index (χ0v) is 19.4. The van der Waals surface area contributed by atoms with Crippen molar-refractivity contribution in [3.8, 4) is 0 Å². The fourth-order valence-corrected chi connectivity index (χ4v) is 6.56. The van der Waals surface area contributed by atoms with E-state index < -0.39 is 41.9 Å². The third-order valence-corrected chi connectivity index (χ3v) is 8.21. The Morgan fingerprint density at radius 2 is 1.53 bits per heavy atom. The number of ketones is 1. The number of imide groups is 1. The number of Topliss-reactive ketones (excluding diaryl/α,β-unsaturated/α-hetero) is 1. The summed E-state index contributed by atoms with van der Waals surface area (Å²) in [5.74, 6) is -2.05. The molecular formula is C26H20Cl2N2O4. The number of rotatable bonds is 5. The van der Waals surface area contributed by atoms with Crippen molar-refractivity contribution in [1.82, 2.24) is 10.0 Å². The van der Waals surface area contributed by atoms with Crippen LogP contribution in [-0.2, 0) is 9.59 Å². The van der Waals surface area contributed by atoms with E-state index in [9.17, 15) is 19.2 Å². The molecule has 0 aromatic heterocycles. The van der Waals surface area contributed by atoms with E-state index in [1.54, 1.807) is 30.3 Å². The normalized spacial score (nSPS) is 30.2. The standard InChI is InChI=1S/C26H20Cl2N2O4/c27-14-6-7-17(20(28)10-14)24(32)29(12-21(31)13-4-2-1-3-5-13)30-25(33)22-15-8-9-16(19-11-18(15)19)23(22)26(30)34/h1-10,15-16,18-19,22-23H,11-12H2/t15-,16-,18-,19+,22+,23+/m0/s1. The first-order chi connectivity index (χ1) is 16.4. The average Bonchev–Trinajstić information content (AvgIpc) is 3.61. The van der Waals surface area contributed by atoms with Crippen LogP contribution in [0.1, 0.15) is 27.1 Å². The second-order valence-electron chi connectivity index (χ2n) is 9.42. The predicted octanol–water partition coefficient (Wildman–Crippen LogP) is 4.29. The van der Waals surface area contributed by atoms with Crippen molar-refractivity contribution in [2.75, 3.05) is 6.54 Å². The van der Waals surface area contributed by atoms with E-state index in [1.807, 2.05) is 0 Å². The first-order valence-electron chi connectivity index (χ1n) is 11.3. The molecule has 0 spiro atoms.